The fraction of sp³-hybridized carbons (Fsp3) is 0.412. The molecule has 248 valence electrons. The molecule has 1 N–H and O–H groups in total. The first-order valence-electron chi connectivity index (χ1n) is 14.8. The van der Waals surface area contributed by atoms with Gasteiger partial charge in [0.25, 0.3) is 0 Å². The molecule has 1 saturated heterocycles. The van der Waals surface area contributed by atoms with Gasteiger partial charge in [0, 0.05) is 11.8 Å². The van der Waals surface area contributed by atoms with Crippen LogP contribution in [-0.4, -0.2) is 35.6 Å². The van der Waals surface area contributed by atoms with Crippen LogP contribution >= 0.6 is 0 Å². The highest BCUT2D eigenvalue weighted by Gasteiger charge is 2.64. The molecule has 1 heterocycles. The molecule has 47 heavy (non-hydrogen) atoms. The van der Waals surface area contributed by atoms with E-state index in [2.05, 4.69) is 0 Å². The number of allylic oxidation sites excluding steroid dienone is 4. The van der Waals surface area contributed by atoms with E-state index in [1.54, 1.807) is 26.0 Å². The number of hydrogen-bond acceptors (Lipinski definition) is 6. The molecule has 0 unspecified atom stereocenters. The Balaban J connectivity index is 1.50. The molecular weight excluding hydrogens is 632 g/mol. The van der Waals surface area contributed by atoms with Crippen molar-refractivity contribution >= 4 is 29.1 Å². The molecule has 3 aliphatic carbocycles. The van der Waals surface area contributed by atoms with Crippen LogP contribution < -0.4 is 9.64 Å². The lowest BCUT2D eigenvalue weighted by Crippen LogP contribution is -2.55. The number of nitrogens with zero attached hydrogens (tertiary/aromatic N) is 1. The van der Waals surface area contributed by atoms with E-state index in [4.69, 9.17) is 4.74 Å². The number of aromatic hydroxyl groups is 1. The number of Topliss-reactive ketones (excluding diaryl/α,β-unsaturated/α-hetero) is 2. The molecule has 4 aliphatic rings. The Morgan fingerprint density at radius 3 is 2.06 bits per heavy atom. The highest BCUT2D eigenvalue weighted by atomic mass is 19.4. The number of phenolic OH excluding ortho intramolecular Hbond substituents is 1. The SMILES string of the molecule is COc1cc([C@H]2C3=CC[C@@H]4C(=O)N(c5cc(C(F)(F)F)cc(C(F)(F)F)c5)C(=O)[C@@H]4[C@@H]3C[C@H]3C(=O)C(C)=C(C)C(=O)[C@@]23C)ccc1O. The molecule has 0 aromatic heterocycles. The molecule has 1 aliphatic heterocycles. The summed E-state index contributed by atoms with van der Waals surface area (Å²) in [6.45, 7) is 4.75. The van der Waals surface area contributed by atoms with Gasteiger partial charge in [-0.15, -0.1) is 0 Å². The van der Waals surface area contributed by atoms with Crippen LogP contribution in [0.3, 0.4) is 0 Å². The minimum Gasteiger partial charge on any atom is -0.504 e. The van der Waals surface area contributed by atoms with Crippen LogP contribution in [0.15, 0.2) is 59.2 Å². The Morgan fingerprint density at radius 2 is 1.49 bits per heavy atom. The zero-order valence-electron chi connectivity index (χ0n) is 25.5. The number of carbonyl (C=O) groups is 4. The Bertz CT molecular complexity index is 1790. The third-order valence-corrected chi connectivity index (χ3v) is 10.5. The third kappa shape index (κ3) is 4.71. The molecule has 6 atom stereocenters. The number of phenols is 1. The summed E-state index contributed by atoms with van der Waals surface area (Å²) in [4.78, 5) is 56.2. The number of halogens is 6. The highest BCUT2D eigenvalue weighted by molar-refractivity contribution is 6.23. The topological polar surface area (TPSA) is 101 Å². The number of ketones is 2. The number of ether oxygens (including phenoxy) is 1. The molecule has 6 rings (SSSR count). The van der Waals surface area contributed by atoms with Gasteiger partial charge in [-0.1, -0.05) is 24.6 Å². The maximum absolute atomic E-state index is 14.1. The maximum Gasteiger partial charge on any atom is 0.416 e. The largest absolute Gasteiger partial charge is 0.504 e. The number of hydrogen-bond donors (Lipinski definition) is 1. The van der Waals surface area contributed by atoms with E-state index >= 15 is 0 Å². The fourth-order valence-corrected chi connectivity index (χ4v) is 8.16. The summed E-state index contributed by atoms with van der Waals surface area (Å²) >= 11 is 0. The number of imide groups is 1. The van der Waals surface area contributed by atoms with E-state index in [-0.39, 0.29) is 53.1 Å². The molecule has 0 spiro atoms. The molecule has 2 aromatic carbocycles. The number of fused-ring (bicyclic) bond motifs is 4. The minimum absolute atomic E-state index is 0.0480. The van der Waals surface area contributed by atoms with Crippen molar-refractivity contribution in [3.63, 3.8) is 0 Å². The third-order valence-electron chi connectivity index (χ3n) is 10.5. The summed E-state index contributed by atoms with van der Waals surface area (Å²) in [6, 6.07) is 5.06. The highest BCUT2D eigenvalue weighted by Crippen LogP contribution is 2.63. The zero-order valence-corrected chi connectivity index (χ0v) is 25.5. The standard InChI is InChI=1S/C34H29F6NO6/c1-14-15(2)29(44)32(3)23(28(14)43)13-22-20(27(32)16-5-8-24(42)25(9-16)47-4)6-7-21-26(22)31(46)41(30(21)45)19-11-17(33(35,36)37)10-18(12-19)34(38,39)40/h5-6,8-12,21-23,26-27,42H,7,13H2,1-4H3/t21-,22+,23-,26-,27-,32+/m0/s1. The summed E-state index contributed by atoms with van der Waals surface area (Å²) in [5.74, 6) is -7.65. The van der Waals surface area contributed by atoms with Crippen molar-refractivity contribution < 1.29 is 55.4 Å². The van der Waals surface area contributed by atoms with Gasteiger partial charge in [0.15, 0.2) is 23.1 Å². The molecular formula is C34H29F6NO6. The van der Waals surface area contributed by atoms with Crippen molar-refractivity contribution in [2.75, 3.05) is 12.0 Å². The summed E-state index contributed by atoms with van der Waals surface area (Å²) in [5.41, 5.74) is -3.99. The van der Waals surface area contributed by atoms with Crippen molar-refractivity contribution in [2.24, 2.45) is 29.1 Å². The molecule has 0 radical (unpaired) electrons. The average molecular weight is 662 g/mol. The number of benzene rings is 2. The quantitative estimate of drug-likeness (QED) is 0.221. The summed E-state index contributed by atoms with van der Waals surface area (Å²) in [7, 11) is 1.33. The second-order valence-electron chi connectivity index (χ2n) is 12.8. The molecule has 13 heteroatoms. The molecule has 0 bridgehead atoms. The van der Waals surface area contributed by atoms with Gasteiger partial charge < -0.3 is 9.84 Å². The smallest absolute Gasteiger partial charge is 0.416 e. The van der Waals surface area contributed by atoms with Crippen molar-refractivity contribution in [3.05, 3.63) is 75.9 Å². The lowest BCUT2D eigenvalue weighted by atomic mass is 9.46. The van der Waals surface area contributed by atoms with Crippen LogP contribution in [0.5, 0.6) is 11.5 Å². The van der Waals surface area contributed by atoms with E-state index in [1.165, 1.54) is 26.2 Å². The van der Waals surface area contributed by atoms with Crippen LogP contribution in [0.2, 0.25) is 0 Å². The van der Waals surface area contributed by atoms with Crippen LogP contribution in [0.1, 0.15) is 56.2 Å². The second kappa shape index (κ2) is 10.5. The van der Waals surface area contributed by atoms with E-state index in [0.29, 0.717) is 28.2 Å². The van der Waals surface area contributed by atoms with Crippen molar-refractivity contribution in [2.45, 2.75) is 51.9 Å². The summed E-state index contributed by atoms with van der Waals surface area (Å²) < 4.78 is 87.4. The first-order chi connectivity index (χ1) is 21.8. The Morgan fingerprint density at radius 1 is 0.872 bits per heavy atom. The molecule has 2 aromatic rings. The van der Waals surface area contributed by atoms with Crippen LogP contribution in [-0.2, 0) is 31.5 Å². The van der Waals surface area contributed by atoms with Crippen LogP contribution in [0, 0.1) is 29.1 Å². The molecule has 7 nitrogen and oxygen atoms in total. The number of methoxy groups -OCH3 is 1. The lowest BCUT2D eigenvalue weighted by Gasteiger charge is -2.54. The van der Waals surface area contributed by atoms with Gasteiger partial charge in [0.1, 0.15) is 0 Å². The van der Waals surface area contributed by atoms with Crippen molar-refractivity contribution in [1.82, 2.24) is 0 Å². The molecule has 1 saturated carbocycles. The van der Waals surface area contributed by atoms with Crippen LogP contribution in [0.4, 0.5) is 32.0 Å². The van der Waals surface area contributed by atoms with E-state index in [0.717, 1.165) is 0 Å². The first-order valence-corrected chi connectivity index (χ1v) is 14.8. The van der Waals surface area contributed by atoms with Gasteiger partial charge in [-0.2, -0.15) is 26.3 Å². The Kier molecular flexibility index (Phi) is 7.30. The van der Waals surface area contributed by atoms with Crippen molar-refractivity contribution in [3.8, 4) is 11.5 Å². The number of rotatable bonds is 3. The average Bonchev–Trinajstić information content (AvgIpc) is 3.27. The van der Waals surface area contributed by atoms with Gasteiger partial charge in [0.2, 0.25) is 11.8 Å². The lowest BCUT2D eigenvalue weighted by molar-refractivity contribution is -0.143. The van der Waals surface area contributed by atoms with E-state index in [1.807, 2.05) is 0 Å². The Hall–Kier alpha value is -4.42. The number of amides is 2. The number of anilines is 1. The predicted octanol–water partition coefficient (Wildman–Crippen LogP) is 6.79. The second-order valence-corrected chi connectivity index (χ2v) is 12.8. The van der Waals surface area contributed by atoms with Crippen molar-refractivity contribution in [1.29, 1.82) is 0 Å². The van der Waals surface area contributed by atoms with E-state index in [9.17, 15) is 50.6 Å². The van der Waals surface area contributed by atoms with Gasteiger partial charge >= 0.3 is 12.4 Å². The first kappa shape index (κ1) is 32.5. The van der Waals surface area contributed by atoms with Gasteiger partial charge in [-0.25, -0.2) is 4.90 Å². The maximum atomic E-state index is 14.1. The van der Waals surface area contributed by atoms with Crippen LogP contribution in [0.25, 0.3) is 0 Å². The number of alkyl halides is 6. The van der Waals surface area contributed by atoms with Gasteiger partial charge in [0.05, 0.1) is 41.2 Å². The minimum atomic E-state index is -5.20. The molecule has 2 amide bonds. The number of carbonyl (C=O) groups excluding carboxylic acids is 4. The monoisotopic (exact) mass is 661 g/mol. The van der Waals surface area contributed by atoms with E-state index < -0.39 is 76.0 Å². The summed E-state index contributed by atoms with van der Waals surface area (Å²) in [5, 5.41) is 10.3. The normalized spacial score (nSPS) is 29.4. The fourth-order valence-electron chi connectivity index (χ4n) is 8.16. The van der Waals surface area contributed by atoms with Gasteiger partial charge in [-0.05, 0) is 79.6 Å². The zero-order chi connectivity index (χ0) is 34.5. The van der Waals surface area contributed by atoms with Gasteiger partial charge in [-0.3, -0.25) is 19.2 Å². The Labute approximate surface area is 264 Å². The predicted molar refractivity (Wildman–Crippen MR) is 154 cm³/mol. The molecule has 2 fully saturated rings. The summed E-state index contributed by atoms with van der Waals surface area (Å²) in [6.07, 6.45) is -8.84.